The molecule has 4 rings (SSSR count). The van der Waals surface area contributed by atoms with Gasteiger partial charge in [-0.25, -0.2) is 9.79 Å². The summed E-state index contributed by atoms with van der Waals surface area (Å²) >= 11 is 6.33. The van der Waals surface area contributed by atoms with Crippen molar-refractivity contribution in [2.75, 3.05) is 79.0 Å². The zero-order valence-electron chi connectivity index (χ0n) is 21.2. The van der Waals surface area contributed by atoms with Crippen molar-refractivity contribution in [3.63, 3.8) is 0 Å². The van der Waals surface area contributed by atoms with Gasteiger partial charge in [-0.3, -0.25) is 4.90 Å². The summed E-state index contributed by atoms with van der Waals surface area (Å²) in [4.78, 5) is 20.8. The van der Waals surface area contributed by atoms with Gasteiger partial charge in [0.1, 0.15) is 23.9 Å². The van der Waals surface area contributed by atoms with E-state index in [2.05, 4.69) is 9.80 Å². The van der Waals surface area contributed by atoms with Gasteiger partial charge in [-0.2, -0.15) is 0 Å². The van der Waals surface area contributed by atoms with E-state index in [1.165, 1.54) is 0 Å². The highest BCUT2D eigenvalue weighted by Crippen LogP contribution is 2.38. The highest BCUT2D eigenvalue weighted by atomic mass is 35.5. The highest BCUT2D eigenvalue weighted by molar-refractivity contribution is 6.31. The Balaban J connectivity index is 1.16. The van der Waals surface area contributed by atoms with Gasteiger partial charge in [-0.1, -0.05) is 23.7 Å². The molecule has 0 radical (unpaired) electrons. The molecule has 2 aliphatic rings. The Hall–Kier alpha value is -2.69. The maximum atomic E-state index is 11.2. The molecule has 0 spiro atoms. The molecule has 9 nitrogen and oxygen atoms in total. The van der Waals surface area contributed by atoms with E-state index in [-0.39, 0.29) is 12.6 Å². The Kier molecular flexibility index (Phi) is 10.6. The lowest BCUT2D eigenvalue weighted by Crippen LogP contribution is -2.49. The van der Waals surface area contributed by atoms with E-state index in [4.69, 9.17) is 40.3 Å². The number of halogens is 1. The van der Waals surface area contributed by atoms with Crippen LogP contribution in [0.1, 0.15) is 12.5 Å². The minimum absolute atomic E-state index is 0.0460. The number of amidine groups is 1. The van der Waals surface area contributed by atoms with Crippen LogP contribution < -0.4 is 4.74 Å². The molecule has 2 aromatic carbocycles. The lowest BCUT2D eigenvalue weighted by Gasteiger charge is -2.36. The van der Waals surface area contributed by atoms with Crippen LogP contribution in [0, 0.1) is 0 Å². The van der Waals surface area contributed by atoms with Crippen LogP contribution in [-0.4, -0.2) is 101 Å². The third-order valence-electron chi connectivity index (χ3n) is 5.99. The largest absolute Gasteiger partial charge is 0.464 e. The Morgan fingerprint density at radius 1 is 0.946 bits per heavy atom. The van der Waals surface area contributed by atoms with E-state index in [0.29, 0.717) is 44.7 Å². The fourth-order valence-corrected chi connectivity index (χ4v) is 4.28. The zero-order valence-corrected chi connectivity index (χ0v) is 22.0. The van der Waals surface area contributed by atoms with Gasteiger partial charge in [0.15, 0.2) is 5.75 Å². The molecular formula is C27H34ClN3O6. The second-order valence-electron chi connectivity index (χ2n) is 8.56. The van der Waals surface area contributed by atoms with E-state index >= 15 is 0 Å². The van der Waals surface area contributed by atoms with Gasteiger partial charge >= 0.3 is 5.97 Å². The molecule has 0 N–H and O–H groups in total. The van der Waals surface area contributed by atoms with E-state index in [0.717, 1.165) is 61.3 Å². The van der Waals surface area contributed by atoms with Gasteiger partial charge in [-0.05, 0) is 37.3 Å². The number of hydrogen-bond acceptors (Lipinski definition) is 9. The maximum absolute atomic E-state index is 11.2. The second-order valence-corrected chi connectivity index (χ2v) is 8.99. The quantitative estimate of drug-likeness (QED) is 0.302. The fourth-order valence-electron chi connectivity index (χ4n) is 4.11. The zero-order chi connectivity index (χ0) is 25.9. The van der Waals surface area contributed by atoms with E-state index in [1.54, 1.807) is 6.92 Å². The van der Waals surface area contributed by atoms with Crippen LogP contribution in [0.15, 0.2) is 47.5 Å². The number of piperazine rings is 1. The first kappa shape index (κ1) is 27.3. The molecule has 2 heterocycles. The third-order valence-corrected chi connectivity index (χ3v) is 6.22. The summed E-state index contributed by atoms with van der Waals surface area (Å²) in [5.41, 5.74) is 1.72. The Labute approximate surface area is 222 Å². The van der Waals surface area contributed by atoms with E-state index in [9.17, 15) is 4.79 Å². The average Bonchev–Trinajstić information content (AvgIpc) is 3.07. The van der Waals surface area contributed by atoms with Crippen LogP contribution in [0.3, 0.4) is 0 Å². The number of esters is 1. The number of hydrogen-bond donors (Lipinski definition) is 0. The first-order valence-corrected chi connectivity index (χ1v) is 13.0. The van der Waals surface area contributed by atoms with Crippen molar-refractivity contribution in [3.05, 3.63) is 53.1 Å². The van der Waals surface area contributed by atoms with Gasteiger partial charge in [0.2, 0.25) is 0 Å². The average molecular weight is 532 g/mol. The molecule has 1 fully saturated rings. The molecular weight excluding hydrogens is 498 g/mol. The number of benzene rings is 2. The molecule has 0 aliphatic carbocycles. The molecule has 0 bridgehead atoms. The van der Waals surface area contributed by atoms with Crippen molar-refractivity contribution in [1.82, 2.24) is 9.80 Å². The van der Waals surface area contributed by atoms with Crippen molar-refractivity contribution in [2.45, 2.75) is 6.92 Å². The molecule has 2 aliphatic heterocycles. The van der Waals surface area contributed by atoms with Crippen molar-refractivity contribution in [3.8, 4) is 11.5 Å². The van der Waals surface area contributed by atoms with Gasteiger partial charge in [0.05, 0.1) is 45.2 Å². The second kappa shape index (κ2) is 14.3. The molecule has 0 amide bonds. The minimum atomic E-state index is -0.359. The minimum Gasteiger partial charge on any atom is -0.464 e. The van der Waals surface area contributed by atoms with Crippen LogP contribution in [0.5, 0.6) is 11.5 Å². The lowest BCUT2D eigenvalue weighted by atomic mass is 10.1. The number of nitrogens with zero attached hydrogens (tertiary/aromatic N) is 3. The monoisotopic (exact) mass is 531 g/mol. The number of rotatable bonds is 12. The number of fused-ring (bicyclic) bond motifs is 2. The van der Waals surface area contributed by atoms with Gasteiger partial charge < -0.3 is 28.6 Å². The summed E-state index contributed by atoms with van der Waals surface area (Å²) in [6.07, 6.45) is 0. The van der Waals surface area contributed by atoms with Gasteiger partial charge in [-0.15, -0.1) is 0 Å². The maximum Gasteiger partial charge on any atom is 0.332 e. The molecule has 10 heteroatoms. The standard InChI is InChI=1S/C27H34ClN3O6/c1-2-36-26(32)20-35-18-17-34-16-15-33-14-13-30-9-11-31(12-10-30)27-22-19-21(28)7-8-24(22)37-25-6-4-3-5-23(25)29-27/h3-8,19H,2,9-18,20H2,1H3. The molecule has 0 unspecified atom stereocenters. The molecule has 37 heavy (non-hydrogen) atoms. The lowest BCUT2D eigenvalue weighted by molar-refractivity contribution is -0.149. The summed E-state index contributed by atoms with van der Waals surface area (Å²) in [6.45, 7) is 8.87. The summed E-state index contributed by atoms with van der Waals surface area (Å²) in [5, 5.41) is 0.657. The first-order chi connectivity index (χ1) is 18.1. The number of carbonyl (C=O) groups is 1. The smallest absolute Gasteiger partial charge is 0.332 e. The van der Waals surface area contributed by atoms with Gasteiger partial charge in [0.25, 0.3) is 0 Å². The molecule has 0 atom stereocenters. The van der Waals surface area contributed by atoms with E-state index < -0.39 is 0 Å². The van der Waals surface area contributed by atoms with E-state index in [1.807, 2.05) is 42.5 Å². The molecule has 1 saturated heterocycles. The number of aliphatic imine (C=N–C) groups is 1. The predicted octanol–water partition coefficient (Wildman–Crippen LogP) is 3.75. The molecule has 2 aromatic rings. The van der Waals surface area contributed by atoms with Crippen molar-refractivity contribution in [2.24, 2.45) is 4.99 Å². The van der Waals surface area contributed by atoms with Crippen LogP contribution >= 0.6 is 11.6 Å². The van der Waals surface area contributed by atoms with Crippen molar-refractivity contribution < 1.29 is 28.5 Å². The number of ether oxygens (including phenoxy) is 5. The van der Waals surface area contributed by atoms with Crippen LogP contribution in [-0.2, 0) is 23.7 Å². The normalized spacial score (nSPS) is 15.3. The van der Waals surface area contributed by atoms with Crippen LogP contribution in [0.25, 0.3) is 0 Å². The number of carbonyl (C=O) groups excluding carboxylic acids is 1. The summed E-state index contributed by atoms with van der Waals surface area (Å²) in [5.74, 6) is 2.03. The summed E-state index contributed by atoms with van der Waals surface area (Å²) in [7, 11) is 0. The first-order valence-electron chi connectivity index (χ1n) is 12.7. The number of para-hydroxylation sites is 2. The predicted molar refractivity (Wildman–Crippen MR) is 141 cm³/mol. The third kappa shape index (κ3) is 8.15. The van der Waals surface area contributed by atoms with Crippen LogP contribution in [0.2, 0.25) is 5.02 Å². The summed E-state index contributed by atoms with van der Waals surface area (Å²) < 4.78 is 27.3. The molecule has 0 saturated carbocycles. The summed E-state index contributed by atoms with van der Waals surface area (Å²) in [6, 6.07) is 13.5. The topological polar surface area (TPSA) is 82.1 Å². The van der Waals surface area contributed by atoms with Crippen LogP contribution in [0.4, 0.5) is 5.69 Å². The van der Waals surface area contributed by atoms with Crippen molar-refractivity contribution in [1.29, 1.82) is 0 Å². The Bertz CT molecular complexity index is 1060. The molecule has 0 aromatic heterocycles. The van der Waals surface area contributed by atoms with Gasteiger partial charge in [0, 0.05) is 37.7 Å². The van der Waals surface area contributed by atoms with Crippen molar-refractivity contribution >= 4 is 29.1 Å². The SMILES string of the molecule is CCOC(=O)COCCOCCOCCN1CCN(C2=Nc3ccccc3Oc3ccc(Cl)cc32)CC1. The Morgan fingerprint density at radius 2 is 1.68 bits per heavy atom. The Morgan fingerprint density at radius 3 is 2.46 bits per heavy atom. The highest BCUT2D eigenvalue weighted by Gasteiger charge is 2.26. The fraction of sp³-hybridized carbons (Fsp3) is 0.481. The molecule has 200 valence electrons.